The molecule has 2 fully saturated rings. The van der Waals surface area contributed by atoms with Gasteiger partial charge in [-0.15, -0.1) is 0 Å². The van der Waals surface area contributed by atoms with E-state index in [2.05, 4.69) is 74.6 Å². The Hall–Kier alpha value is -2.33. The minimum Gasteiger partial charge on any atom is -0.490 e. The molecular formula is C30H41NO3. The Morgan fingerprint density at radius 2 is 1.59 bits per heavy atom. The first-order valence-corrected chi connectivity index (χ1v) is 13.1. The molecule has 2 aliphatic rings. The highest BCUT2D eigenvalue weighted by atomic mass is 16.5. The van der Waals surface area contributed by atoms with Gasteiger partial charge in [0.25, 0.3) is 0 Å². The fourth-order valence-corrected chi connectivity index (χ4v) is 5.63. The Bertz CT molecular complexity index is 930. The number of benzene rings is 2. The van der Waals surface area contributed by atoms with Crippen molar-refractivity contribution in [2.24, 2.45) is 17.3 Å². The molecule has 0 bridgehead atoms. The number of nitrogens with one attached hydrogen (secondary N) is 1. The van der Waals surface area contributed by atoms with Crippen molar-refractivity contribution in [1.82, 2.24) is 5.32 Å². The summed E-state index contributed by atoms with van der Waals surface area (Å²) in [5.41, 5.74) is 4.07. The number of carbonyl (C=O) groups is 1. The highest BCUT2D eigenvalue weighted by Crippen LogP contribution is 2.39. The van der Waals surface area contributed by atoms with Crippen LogP contribution in [0.1, 0.15) is 77.7 Å². The van der Waals surface area contributed by atoms with E-state index in [0.29, 0.717) is 17.6 Å². The Morgan fingerprint density at radius 3 is 2.21 bits per heavy atom. The summed E-state index contributed by atoms with van der Waals surface area (Å²) in [4.78, 5) is 11.1. The van der Waals surface area contributed by atoms with Crippen LogP contribution < -0.4 is 10.1 Å². The Balaban J connectivity index is 1.28. The van der Waals surface area contributed by atoms with Crippen molar-refractivity contribution < 1.29 is 14.6 Å². The van der Waals surface area contributed by atoms with Crippen LogP contribution in [-0.2, 0) is 11.3 Å². The molecule has 2 aromatic carbocycles. The number of rotatable bonds is 7. The summed E-state index contributed by atoms with van der Waals surface area (Å²) in [6.07, 6.45) is 8.59. The van der Waals surface area contributed by atoms with E-state index >= 15 is 0 Å². The predicted octanol–water partition coefficient (Wildman–Crippen LogP) is 7.07. The first-order valence-electron chi connectivity index (χ1n) is 13.1. The van der Waals surface area contributed by atoms with Crippen LogP contribution in [0, 0.1) is 17.3 Å². The van der Waals surface area contributed by atoms with Gasteiger partial charge in [-0.2, -0.15) is 0 Å². The SMILES string of the molecule is CC(C)(C)[C@H]1CC[C@H](Oc2ccc(-c3cccc(CNC4CCC(C(=O)O)CC4)c3)cc2)CC1. The molecule has 0 unspecified atom stereocenters. The summed E-state index contributed by atoms with van der Waals surface area (Å²) >= 11 is 0. The molecule has 184 valence electrons. The van der Waals surface area contributed by atoms with Crippen LogP contribution in [0.25, 0.3) is 11.1 Å². The molecule has 0 atom stereocenters. The number of hydrogen-bond donors (Lipinski definition) is 2. The van der Waals surface area contributed by atoms with Crippen LogP contribution in [0.2, 0.25) is 0 Å². The molecule has 2 saturated carbocycles. The van der Waals surface area contributed by atoms with Crippen molar-refractivity contribution in [3.05, 3.63) is 54.1 Å². The third-order valence-corrected chi connectivity index (χ3v) is 7.99. The molecule has 2 N–H and O–H groups in total. The van der Waals surface area contributed by atoms with Gasteiger partial charge in [-0.1, -0.05) is 51.1 Å². The van der Waals surface area contributed by atoms with Crippen LogP contribution in [0.3, 0.4) is 0 Å². The predicted molar refractivity (Wildman–Crippen MR) is 138 cm³/mol. The molecule has 0 aliphatic heterocycles. The van der Waals surface area contributed by atoms with Gasteiger partial charge in [-0.25, -0.2) is 0 Å². The number of carboxylic acids is 1. The normalized spacial score (nSPS) is 25.6. The quantitative estimate of drug-likeness (QED) is 0.461. The first-order chi connectivity index (χ1) is 16.3. The van der Waals surface area contributed by atoms with E-state index in [1.165, 1.54) is 29.5 Å². The average molecular weight is 464 g/mol. The summed E-state index contributed by atoms with van der Waals surface area (Å²) in [6, 6.07) is 17.6. The lowest BCUT2D eigenvalue weighted by molar-refractivity contribution is -0.142. The third-order valence-electron chi connectivity index (χ3n) is 7.99. The van der Waals surface area contributed by atoms with Gasteiger partial charge in [0.1, 0.15) is 5.75 Å². The molecule has 2 aromatic rings. The largest absolute Gasteiger partial charge is 0.490 e. The first kappa shape index (κ1) is 24.8. The van der Waals surface area contributed by atoms with Crippen molar-refractivity contribution >= 4 is 5.97 Å². The van der Waals surface area contributed by atoms with E-state index < -0.39 is 5.97 Å². The third kappa shape index (κ3) is 6.63. The number of carboxylic acid groups (broad SMARTS) is 1. The van der Waals surface area contributed by atoms with Crippen LogP contribution in [0.15, 0.2) is 48.5 Å². The maximum Gasteiger partial charge on any atom is 0.306 e. The van der Waals surface area contributed by atoms with Gasteiger partial charge < -0.3 is 15.2 Å². The lowest BCUT2D eigenvalue weighted by atomic mass is 9.72. The summed E-state index contributed by atoms with van der Waals surface area (Å²) < 4.78 is 6.31. The molecule has 4 rings (SSSR count). The zero-order chi connectivity index (χ0) is 24.1. The molecule has 0 radical (unpaired) electrons. The fourth-order valence-electron chi connectivity index (χ4n) is 5.63. The van der Waals surface area contributed by atoms with Crippen LogP contribution >= 0.6 is 0 Å². The summed E-state index contributed by atoms with van der Waals surface area (Å²) in [5.74, 6) is 0.969. The summed E-state index contributed by atoms with van der Waals surface area (Å²) in [6.45, 7) is 7.88. The molecule has 4 heteroatoms. The van der Waals surface area contributed by atoms with E-state index in [-0.39, 0.29) is 5.92 Å². The van der Waals surface area contributed by atoms with Crippen LogP contribution in [-0.4, -0.2) is 23.2 Å². The Morgan fingerprint density at radius 1 is 0.912 bits per heavy atom. The topological polar surface area (TPSA) is 58.6 Å². The van der Waals surface area contributed by atoms with Gasteiger partial charge in [0, 0.05) is 12.6 Å². The van der Waals surface area contributed by atoms with Crippen LogP contribution in [0.4, 0.5) is 0 Å². The monoisotopic (exact) mass is 463 g/mol. The van der Waals surface area contributed by atoms with Crippen LogP contribution in [0.5, 0.6) is 5.75 Å². The van der Waals surface area contributed by atoms with Gasteiger partial charge >= 0.3 is 5.97 Å². The van der Waals surface area contributed by atoms with E-state index in [1.54, 1.807) is 0 Å². The maximum absolute atomic E-state index is 11.1. The van der Waals surface area contributed by atoms with E-state index in [4.69, 9.17) is 4.74 Å². The highest BCUT2D eigenvalue weighted by Gasteiger charge is 2.30. The molecular weight excluding hydrogens is 422 g/mol. The lowest BCUT2D eigenvalue weighted by Gasteiger charge is -2.36. The van der Waals surface area contributed by atoms with Gasteiger partial charge in [-0.3, -0.25) is 4.79 Å². The maximum atomic E-state index is 11.1. The number of aliphatic carboxylic acids is 1. The smallest absolute Gasteiger partial charge is 0.306 e. The fraction of sp³-hybridized carbons (Fsp3) is 0.567. The van der Waals surface area contributed by atoms with Gasteiger partial charge in [-0.05, 0) is 97.6 Å². The Kier molecular flexibility index (Phi) is 7.98. The van der Waals surface area contributed by atoms with Crippen molar-refractivity contribution in [1.29, 1.82) is 0 Å². The second-order valence-electron chi connectivity index (χ2n) is 11.4. The Labute approximate surface area is 205 Å². The van der Waals surface area contributed by atoms with E-state index in [1.807, 2.05) is 0 Å². The van der Waals surface area contributed by atoms with Crippen molar-refractivity contribution in [2.45, 2.75) is 90.8 Å². The minimum atomic E-state index is -0.643. The second kappa shape index (κ2) is 10.9. The average Bonchev–Trinajstić information content (AvgIpc) is 2.83. The zero-order valence-electron chi connectivity index (χ0n) is 21.1. The number of ether oxygens (including phenoxy) is 1. The molecule has 0 heterocycles. The zero-order valence-corrected chi connectivity index (χ0v) is 21.1. The molecule has 2 aliphatic carbocycles. The van der Waals surface area contributed by atoms with Crippen molar-refractivity contribution in [3.63, 3.8) is 0 Å². The van der Waals surface area contributed by atoms with E-state index in [9.17, 15) is 9.90 Å². The highest BCUT2D eigenvalue weighted by molar-refractivity contribution is 5.70. The van der Waals surface area contributed by atoms with E-state index in [0.717, 1.165) is 56.7 Å². The molecule has 34 heavy (non-hydrogen) atoms. The summed E-state index contributed by atoms with van der Waals surface area (Å²) in [5, 5.41) is 12.8. The standard InChI is InChI=1S/C30H41NO3/c1-30(2,3)25-11-17-28(18-12-25)34-27-15-9-22(10-16-27)24-6-4-5-21(19-24)20-31-26-13-7-23(8-14-26)29(32)33/h4-6,9-10,15-16,19,23,25-26,28,31H,7-8,11-14,17-18,20H2,1-3H3,(H,32,33)/t23?,25-,26?,28-. The van der Waals surface area contributed by atoms with Gasteiger partial charge in [0.15, 0.2) is 0 Å². The lowest BCUT2D eigenvalue weighted by Crippen LogP contribution is -2.34. The second-order valence-corrected chi connectivity index (χ2v) is 11.4. The molecule has 4 nitrogen and oxygen atoms in total. The van der Waals surface area contributed by atoms with Gasteiger partial charge in [0.05, 0.1) is 12.0 Å². The minimum absolute atomic E-state index is 0.160. The molecule has 0 saturated heterocycles. The number of hydrogen-bond acceptors (Lipinski definition) is 3. The molecule has 0 aromatic heterocycles. The molecule has 0 amide bonds. The van der Waals surface area contributed by atoms with Gasteiger partial charge in [0.2, 0.25) is 0 Å². The van der Waals surface area contributed by atoms with Crippen molar-refractivity contribution in [3.8, 4) is 16.9 Å². The van der Waals surface area contributed by atoms with Crippen molar-refractivity contribution in [2.75, 3.05) is 0 Å². The molecule has 0 spiro atoms. The summed E-state index contributed by atoms with van der Waals surface area (Å²) in [7, 11) is 0.